The Balaban J connectivity index is 2.01. The summed E-state index contributed by atoms with van der Waals surface area (Å²) in [5.41, 5.74) is 7.18. The Morgan fingerprint density at radius 2 is 1.53 bits per heavy atom. The minimum absolute atomic E-state index is 0.121. The van der Waals surface area contributed by atoms with E-state index >= 15 is 0 Å². The number of anilines is 1. The lowest BCUT2D eigenvalue weighted by Crippen LogP contribution is -2.10. The number of hydrogen-bond donors (Lipinski definition) is 1. The van der Waals surface area contributed by atoms with Crippen LogP contribution in [-0.4, -0.2) is 14.2 Å². The zero-order valence-electron chi connectivity index (χ0n) is 10.6. The number of nitrogens with two attached hydrogens (primary N) is 1. The van der Waals surface area contributed by atoms with Crippen molar-refractivity contribution in [1.29, 1.82) is 0 Å². The number of rotatable bonds is 5. The maximum atomic E-state index is 12.2. The third-order valence-corrected chi connectivity index (χ3v) is 4.84. The average Bonchev–Trinajstić information content (AvgIpc) is 2.40. The van der Waals surface area contributed by atoms with Crippen LogP contribution < -0.4 is 5.73 Å². The highest BCUT2D eigenvalue weighted by Gasteiger charge is 2.16. The molecule has 0 aliphatic carbocycles. The molecule has 2 aromatic carbocycles. The zero-order valence-corrected chi connectivity index (χ0v) is 11.4. The van der Waals surface area contributed by atoms with Gasteiger partial charge in [-0.05, 0) is 30.5 Å². The Labute approximate surface area is 114 Å². The van der Waals surface area contributed by atoms with Gasteiger partial charge in [-0.1, -0.05) is 42.5 Å². The summed E-state index contributed by atoms with van der Waals surface area (Å²) in [4.78, 5) is 0.239. The van der Waals surface area contributed by atoms with Gasteiger partial charge in [-0.3, -0.25) is 0 Å². The fourth-order valence-corrected chi connectivity index (χ4v) is 3.44. The number of para-hydroxylation sites is 1. The van der Waals surface area contributed by atoms with Crippen LogP contribution in [0.2, 0.25) is 0 Å². The van der Waals surface area contributed by atoms with Crippen molar-refractivity contribution in [3.63, 3.8) is 0 Å². The van der Waals surface area contributed by atoms with Gasteiger partial charge < -0.3 is 5.73 Å². The maximum Gasteiger partial charge on any atom is 0.180 e. The molecular formula is C15H17NO2S. The summed E-state index contributed by atoms with van der Waals surface area (Å²) in [6.07, 6.45) is 1.35. The second-order valence-electron chi connectivity index (χ2n) is 4.45. The van der Waals surface area contributed by atoms with E-state index in [1.165, 1.54) is 0 Å². The van der Waals surface area contributed by atoms with Crippen LogP contribution in [0.3, 0.4) is 0 Å². The van der Waals surface area contributed by atoms with E-state index < -0.39 is 9.84 Å². The van der Waals surface area contributed by atoms with Crippen LogP contribution >= 0.6 is 0 Å². The molecule has 0 spiro atoms. The van der Waals surface area contributed by atoms with Crippen LogP contribution in [0.1, 0.15) is 12.0 Å². The van der Waals surface area contributed by atoms with Gasteiger partial charge in [0.1, 0.15) is 0 Å². The fraction of sp³-hybridized carbons (Fsp3) is 0.200. The van der Waals surface area contributed by atoms with Crippen molar-refractivity contribution in [2.24, 2.45) is 0 Å². The van der Waals surface area contributed by atoms with Crippen LogP contribution in [-0.2, 0) is 16.3 Å². The standard InChI is InChI=1S/C15H17NO2S/c16-14-10-4-5-11-15(14)19(17,18)12-6-9-13-7-2-1-3-8-13/h1-5,7-8,10-11H,6,9,12,16H2. The third-order valence-electron chi connectivity index (χ3n) is 2.98. The molecule has 0 fully saturated rings. The lowest BCUT2D eigenvalue weighted by molar-refractivity contribution is 0.593. The monoisotopic (exact) mass is 275 g/mol. The lowest BCUT2D eigenvalue weighted by atomic mass is 10.1. The normalized spacial score (nSPS) is 11.4. The van der Waals surface area contributed by atoms with Crippen molar-refractivity contribution in [2.45, 2.75) is 17.7 Å². The van der Waals surface area contributed by atoms with E-state index in [1.807, 2.05) is 30.3 Å². The SMILES string of the molecule is Nc1ccccc1S(=O)(=O)CCCc1ccccc1. The number of aryl methyl sites for hydroxylation is 1. The second-order valence-corrected chi connectivity index (χ2v) is 6.52. The Morgan fingerprint density at radius 3 is 2.21 bits per heavy atom. The Morgan fingerprint density at radius 1 is 0.895 bits per heavy atom. The van der Waals surface area contributed by atoms with Crippen molar-refractivity contribution in [1.82, 2.24) is 0 Å². The number of hydrogen-bond acceptors (Lipinski definition) is 3. The van der Waals surface area contributed by atoms with E-state index in [0.29, 0.717) is 12.1 Å². The molecule has 4 heteroatoms. The quantitative estimate of drug-likeness (QED) is 0.853. The molecule has 0 amide bonds. The first-order valence-corrected chi connectivity index (χ1v) is 7.86. The molecule has 19 heavy (non-hydrogen) atoms. The van der Waals surface area contributed by atoms with Crippen molar-refractivity contribution in [2.75, 3.05) is 11.5 Å². The summed E-state index contributed by atoms with van der Waals surface area (Å²) in [6, 6.07) is 16.5. The van der Waals surface area contributed by atoms with Crippen LogP contribution in [0.5, 0.6) is 0 Å². The number of benzene rings is 2. The topological polar surface area (TPSA) is 60.2 Å². The van der Waals surface area contributed by atoms with Crippen molar-refractivity contribution in [3.05, 3.63) is 60.2 Å². The maximum absolute atomic E-state index is 12.2. The van der Waals surface area contributed by atoms with Crippen LogP contribution in [0.15, 0.2) is 59.5 Å². The molecule has 2 N–H and O–H groups in total. The van der Waals surface area contributed by atoms with Gasteiger partial charge in [0.05, 0.1) is 16.3 Å². The molecule has 0 saturated heterocycles. The van der Waals surface area contributed by atoms with E-state index in [1.54, 1.807) is 24.3 Å². The lowest BCUT2D eigenvalue weighted by Gasteiger charge is -2.07. The molecule has 0 heterocycles. The summed E-state index contributed by atoms with van der Waals surface area (Å²) >= 11 is 0. The first kappa shape index (κ1) is 13.6. The zero-order chi connectivity index (χ0) is 13.7. The Kier molecular flexibility index (Phi) is 4.22. The molecule has 2 rings (SSSR count). The second kappa shape index (κ2) is 5.89. The highest BCUT2D eigenvalue weighted by molar-refractivity contribution is 7.91. The van der Waals surface area contributed by atoms with Crippen molar-refractivity contribution in [3.8, 4) is 0 Å². The average molecular weight is 275 g/mol. The molecule has 0 bridgehead atoms. The third kappa shape index (κ3) is 3.58. The molecular weight excluding hydrogens is 258 g/mol. The van der Waals surface area contributed by atoms with E-state index in [2.05, 4.69) is 0 Å². The van der Waals surface area contributed by atoms with Gasteiger partial charge >= 0.3 is 0 Å². The van der Waals surface area contributed by atoms with Crippen LogP contribution in [0.25, 0.3) is 0 Å². The summed E-state index contributed by atoms with van der Waals surface area (Å²) < 4.78 is 24.3. The Bertz CT molecular complexity index is 636. The predicted octanol–water partition coefficient (Wildman–Crippen LogP) is 2.68. The molecule has 3 nitrogen and oxygen atoms in total. The first-order chi connectivity index (χ1) is 9.09. The predicted molar refractivity (Wildman–Crippen MR) is 77.7 cm³/mol. The smallest absolute Gasteiger partial charge is 0.180 e. The molecule has 2 aromatic rings. The summed E-state index contributed by atoms with van der Waals surface area (Å²) in [7, 11) is -3.29. The van der Waals surface area contributed by atoms with E-state index in [4.69, 9.17) is 5.73 Å². The van der Waals surface area contributed by atoms with Gasteiger partial charge in [0.15, 0.2) is 9.84 Å². The molecule has 0 atom stereocenters. The molecule has 100 valence electrons. The summed E-state index contributed by atoms with van der Waals surface area (Å²) in [6.45, 7) is 0. The van der Waals surface area contributed by atoms with Gasteiger partial charge in [0.2, 0.25) is 0 Å². The minimum Gasteiger partial charge on any atom is -0.398 e. The molecule has 0 aromatic heterocycles. The van der Waals surface area contributed by atoms with Gasteiger partial charge in [-0.15, -0.1) is 0 Å². The van der Waals surface area contributed by atoms with Crippen LogP contribution in [0.4, 0.5) is 5.69 Å². The Hall–Kier alpha value is -1.81. The first-order valence-electron chi connectivity index (χ1n) is 6.21. The van der Waals surface area contributed by atoms with E-state index in [-0.39, 0.29) is 10.6 Å². The molecule has 0 radical (unpaired) electrons. The summed E-state index contributed by atoms with van der Waals surface area (Å²) in [5.74, 6) is 0.121. The van der Waals surface area contributed by atoms with E-state index in [9.17, 15) is 8.42 Å². The largest absolute Gasteiger partial charge is 0.398 e. The fourth-order valence-electron chi connectivity index (χ4n) is 1.98. The van der Waals surface area contributed by atoms with Gasteiger partial charge in [-0.2, -0.15) is 0 Å². The number of nitrogen functional groups attached to an aromatic ring is 1. The molecule has 0 unspecified atom stereocenters. The van der Waals surface area contributed by atoms with Crippen molar-refractivity contribution >= 4 is 15.5 Å². The number of sulfone groups is 1. The highest BCUT2D eigenvalue weighted by Crippen LogP contribution is 2.19. The van der Waals surface area contributed by atoms with Crippen molar-refractivity contribution < 1.29 is 8.42 Å². The highest BCUT2D eigenvalue weighted by atomic mass is 32.2. The van der Waals surface area contributed by atoms with Gasteiger partial charge in [0.25, 0.3) is 0 Å². The van der Waals surface area contributed by atoms with Gasteiger partial charge in [0, 0.05) is 0 Å². The van der Waals surface area contributed by atoms with E-state index in [0.717, 1.165) is 12.0 Å². The molecule has 0 saturated carbocycles. The molecule has 0 aliphatic heterocycles. The molecule has 0 aliphatic rings. The minimum atomic E-state index is -3.29. The van der Waals surface area contributed by atoms with Crippen LogP contribution in [0, 0.1) is 0 Å². The summed E-state index contributed by atoms with van der Waals surface area (Å²) in [5, 5.41) is 0. The van der Waals surface area contributed by atoms with Gasteiger partial charge in [-0.25, -0.2) is 8.42 Å².